The van der Waals surface area contributed by atoms with Crippen molar-refractivity contribution in [2.75, 3.05) is 6.61 Å². The zero-order chi connectivity index (χ0) is 7.28. The first-order valence-electron chi connectivity index (χ1n) is 2.96. The van der Waals surface area contributed by atoms with Gasteiger partial charge >= 0.3 is 5.97 Å². The lowest BCUT2D eigenvalue weighted by molar-refractivity contribution is -0.143. The van der Waals surface area contributed by atoms with Gasteiger partial charge < -0.3 is 4.74 Å². The van der Waals surface area contributed by atoms with Crippen molar-refractivity contribution in [1.82, 2.24) is 0 Å². The molecule has 0 aliphatic heterocycles. The van der Waals surface area contributed by atoms with E-state index in [1.807, 2.05) is 0 Å². The van der Waals surface area contributed by atoms with Crippen LogP contribution in [0.5, 0.6) is 0 Å². The molecule has 0 radical (unpaired) electrons. The molecule has 1 unspecified atom stereocenters. The largest absolute Gasteiger partial charge is 0.466 e. The van der Waals surface area contributed by atoms with Crippen molar-refractivity contribution in [2.45, 2.75) is 25.6 Å². The van der Waals surface area contributed by atoms with E-state index in [4.69, 9.17) is 11.6 Å². The van der Waals surface area contributed by atoms with Crippen molar-refractivity contribution >= 4 is 17.6 Å². The highest BCUT2D eigenvalue weighted by Crippen LogP contribution is 2.00. The Hall–Kier alpha value is -0.240. The van der Waals surface area contributed by atoms with Crippen LogP contribution in [0.3, 0.4) is 0 Å². The highest BCUT2D eigenvalue weighted by Gasteiger charge is 2.04. The first-order chi connectivity index (χ1) is 4.16. The van der Waals surface area contributed by atoms with E-state index in [2.05, 4.69) is 4.74 Å². The lowest BCUT2D eigenvalue weighted by atomic mass is 10.3. The predicted molar refractivity (Wildman–Crippen MR) is 36.6 cm³/mol. The Kier molecular flexibility index (Phi) is 4.50. The minimum atomic E-state index is -0.222. The number of halogens is 1. The SMILES string of the molecule is CCOC(=O)CC(C)Cl. The van der Waals surface area contributed by atoms with E-state index in [1.165, 1.54) is 0 Å². The molecule has 9 heavy (non-hydrogen) atoms. The molecule has 0 aliphatic rings. The van der Waals surface area contributed by atoms with Crippen LogP contribution in [0.2, 0.25) is 0 Å². The molecule has 0 amide bonds. The van der Waals surface area contributed by atoms with Crippen LogP contribution in [0, 0.1) is 0 Å². The molecule has 3 heteroatoms. The molecule has 0 spiro atoms. The van der Waals surface area contributed by atoms with Gasteiger partial charge in [0.05, 0.1) is 13.0 Å². The van der Waals surface area contributed by atoms with E-state index >= 15 is 0 Å². The standard InChI is InChI=1S/C6H11ClO2/c1-3-9-6(8)4-5(2)7/h5H,3-4H2,1-2H3. The van der Waals surface area contributed by atoms with Gasteiger partial charge in [-0.15, -0.1) is 11.6 Å². The molecule has 0 N–H and O–H groups in total. The topological polar surface area (TPSA) is 26.3 Å². The van der Waals surface area contributed by atoms with Gasteiger partial charge in [0.1, 0.15) is 0 Å². The molecule has 2 nitrogen and oxygen atoms in total. The fourth-order valence-electron chi connectivity index (χ4n) is 0.450. The van der Waals surface area contributed by atoms with E-state index in [-0.39, 0.29) is 11.3 Å². The fraction of sp³-hybridized carbons (Fsp3) is 0.833. The molecule has 1 atom stereocenters. The second kappa shape index (κ2) is 4.62. The van der Waals surface area contributed by atoms with Gasteiger partial charge in [-0.1, -0.05) is 0 Å². The van der Waals surface area contributed by atoms with Gasteiger partial charge in [0.25, 0.3) is 0 Å². The van der Waals surface area contributed by atoms with Crippen LogP contribution in [-0.2, 0) is 9.53 Å². The van der Waals surface area contributed by atoms with Gasteiger partial charge in [-0.05, 0) is 13.8 Å². The van der Waals surface area contributed by atoms with E-state index in [0.29, 0.717) is 13.0 Å². The number of hydrogen-bond acceptors (Lipinski definition) is 2. The zero-order valence-electron chi connectivity index (χ0n) is 5.69. The van der Waals surface area contributed by atoms with Crippen LogP contribution >= 0.6 is 11.6 Å². The summed E-state index contributed by atoms with van der Waals surface area (Å²) >= 11 is 5.51. The Balaban J connectivity index is 3.27. The maximum absolute atomic E-state index is 10.5. The molecule has 0 bridgehead atoms. The Morgan fingerprint density at radius 3 is 2.67 bits per heavy atom. The normalized spacial score (nSPS) is 12.8. The molecular formula is C6H11ClO2. The number of carbonyl (C=O) groups excluding carboxylic acids is 1. The summed E-state index contributed by atoms with van der Waals surface area (Å²) in [6.45, 7) is 3.97. The molecule has 0 heterocycles. The molecule has 0 aliphatic carbocycles. The second-order valence-electron chi connectivity index (χ2n) is 1.79. The van der Waals surface area contributed by atoms with Gasteiger partial charge in [0, 0.05) is 5.38 Å². The van der Waals surface area contributed by atoms with Crippen LogP contribution in [0.25, 0.3) is 0 Å². The van der Waals surface area contributed by atoms with Gasteiger partial charge in [-0.25, -0.2) is 0 Å². The highest BCUT2D eigenvalue weighted by atomic mass is 35.5. The second-order valence-corrected chi connectivity index (χ2v) is 2.53. The van der Waals surface area contributed by atoms with Gasteiger partial charge in [-0.2, -0.15) is 0 Å². The van der Waals surface area contributed by atoms with Crippen LogP contribution in [0.1, 0.15) is 20.3 Å². The lowest BCUT2D eigenvalue weighted by Crippen LogP contribution is -2.08. The maximum atomic E-state index is 10.5. The quantitative estimate of drug-likeness (QED) is 0.451. The Morgan fingerprint density at radius 2 is 2.33 bits per heavy atom. The highest BCUT2D eigenvalue weighted by molar-refractivity contribution is 6.21. The lowest BCUT2D eigenvalue weighted by Gasteiger charge is -2.01. The van der Waals surface area contributed by atoms with Crippen molar-refractivity contribution in [3.05, 3.63) is 0 Å². The van der Waals surface area contributed by atoms with Crippen LogP contribution in [0.15, 0.2) is 0 Å². The van der Waals surface area contributed by atoms with Gasteiger partial charge in [0.2, 0.25) is 0 Å². The van der Waals surface area contributed by atoms with Crippen molar-refractivity contribution in [3.63, 3.8) is 0 Å². The number of hydrogen-bond donors (Lipinski definition) is 0. The minimum absolute atomic E-state index is 0.121. The first-order valence-corrected chi connectivity index (χ1v) is 3.40. The summed E-state index contributed by atoms with van der Waals surface area (Å²) in [5.41, 5.74) is 0. The smallest absolute Gasteiger partial charge is 0.307 e. The summed E-state index contributed by atoms with van der Waals surface area (Å²) in [5.74, 6) is -0.222. The summed E-state index contributed by atoms with van der Waals surface area (Å²) < 4.78 is 4.63. The van der Waals surface area contributed by atoms with Gasteiger partial charge in [0.15, 0.2) is 0 Å². The Labute approximate surface area is 60.1 Å². The van der Waals surface area contributed by atoms with E-state index < -0.39 is 0 Å². The Morgan fingerprint density at radius 1 is 1.78 bits per heavy atom. The summed E-state index contributed by atoms with van der Waals surface area (Å²) in [4.78, 5) is 10.5. The number of carbonyl (C=O) groups is 1. The third-order valence-corrected chi connectivity index (χ3v) is 0.908. The summed E-state index contributed by atoms with van der Waals surface area (Å²) in [6, 6.07) is 0. The summed E-state index contributed by atoms with van der Waals surface area (Å²) in [6.07, 6.45) is 0.301. The van der Waals surface area contributed by atoms with E-state index in [1.54, 1.807) is 13.8 Å². The molecule has 0 saturated heterocycles. The molecule has 0 aromatic carbocycles. The summed E-state index contributed by atoms with van der Waals surface area (Å²) in [5, 5.41) is -0.121. The zero-order valence-corrected chi connectivity index (χ0v) is 6.44. The van der Waals surface area contributed by atoms with Crippen LogP contribution in [0.4, 0.5) is 0 Å². The van der Waals surface area contributed by atoms with Crippen LogP contribution < -0.4 is 0 Å². The third kappa shape index (κ3) is 5.63. The maximum Gasteiger partial charge on any atom is 0.307 e. The van der Waals surface area contributed by atoms with Crippen molar-refractivity contribution < 1.29 is 9.53 Å². The minimum Gasteiger partial charge on any atom is -0.466 e. The molecule has 0 saturated carbocycles. The number of ether oxygens (including phenoxy) is 1. The van der Waals surface area contributed by atoms with Gasteiger partial charge in [-0.3, -0.25) is 4.79 Å². The molecule has 0 aromatic heterocycles. The average Bonchev–Trinajstić information content (AvgIpc) is 1.63. The van der Waals surface area contributed by atoms with Crippen LogP contribution in [-0.4, -0.2) is 18.0 Å². The molecule has 54 valence electrons. The predicted octanol–water partition coefficient (Wildman–Crippen LogP) is 1.57. The average molecular weight is 151 g/mol. The first kappa shape index (κ1) is 8.76. The monoisotopic (exact) mass is 150 g/mol. The van der Waals surface area contributed by atoms with Crippen molar-refractivity contribution in [3.8, 4) is 0 Å². The molecular weight excluding hydrogens is 140 g/mol. The number of rotatable bonds is 3. The molecule has 0 aromatic rings. The third-order valence-electron chi connectivity index (χ3n) is 0.753. The van der Waals surface area contributed by atoms with Crippen molar-refractivity contribution in [2.24, 2.45) is 0 Å². The van der Waals surface area contributed by atoms with E-state index in [0.717, 1.165) is 0 Å². The Bertz CT molecular complexity index is 91.1. The number of esters is 1. The molecule has 0 fully saturated rings. The number of alkyl halides is 1. The van der Waals surface area contributed by atoms with Crippen molar-refractivity contribution in [1.29, 1.82) is 0 Å². The fourth-order valence-corrected chi connectivity index (χ4v) is 0.576. The summed E-state index contributed by atoms with van der Waals surface area (Å²) in [7, 11) is 0. The molecule has 0 rings (SSSR count). The van der Waals surface area contributed by atoms with E-state index in [9.17, 15) is 4.79 Å².